The molecule has 2 nitrogen and oxygen atoms in total. The molecule has 8 unspecified atom stereocenters. The van der Waals surface area contributed by atoms with Crippen LogP contribution in [0.15, 0.2) is 0 Å². The van der Waals surface area contributed by atoms with Gasteiger partial charge in [0.2, 0.25) is 0 Å². The molecule has 23 heavy (non-hydrogen) atoms. The topological polar surface area (TPSA) is 34.1 Å². The second-order valence-corrected chi connectivity index (χ2v) is 36.4. The number of Topliss-reactive ketones (excluding diaryl/α,β-unsaturated/α-hetero) is 2. The summed E-state index contributed by atoms with van der Waals surface area (Å²) in [6.07, 6.45) is 3.47. The molecule has 0 aromatic rings. The van der Waals surface area contributed by atoms with Gasteiger partial charge in [-0.3, -0.25) is 0 Å². The van der Waals surface area contributed by atoms with E-state index in [1.807, 2.05) is 0 Å². The van der Waals surface area contributed by atoms with Crippen molar-refractivity contribution in [2.24, 2.45) is 0 Å². The van der Waals surface area contributed by atoms with Crippen molar-refractivity contribution in [3.05, 3.63) is 0 Å². The first kappa shape index (κ1) is 11.3. The molecule has 5 heteroatoms. The van der Waals surface area contributed by atoms with Crippen molar-refractivity contribution in [3.8, 4) is 0 Å². The number of hydrogen-bond acceptors (Lipinski definition) is 4. The van der Waals surface area contributed by atoms with E-state index in [4.69, 9.17) is 0 Å². The molecule has 0 radical (unpaired) electrons. The van der Waals surface area contributed by atoms with Gasteiger partial charge in [0.1, 0.15) is 0 Å². The van der Waals surface area contributed by atoms with Crippen LogP contribution >= 0.6 is 25.3 Å². The summed E-state index contributed by atoms with van der Waals surface area (Å²) in [5.74, 6) is 3.00. The van der Waals surface area contributed by atoms with E-state index in [2.05, 4.69) is 25.3 Å². The second-order valence-electron chi connectivity index (χ2n) is 12.3. The third-order valence-corrected chi connectivity index (χ3v) is 60.2. The predicted molar refractivity (Wildman–Crippen MR) is 91.6 cm³/mol. The van der Waals surface area contributed by atoms with Gasteiger partial charge in [0.05, 0.1) is 0 Å². The number of rotatable bonds is 8. The average molecular weight is 390 g/mol. The zero-order valence-corrected chi connectivity index (χ0v) is 15.8. The van der Waals surface area contributed by atoms with E-state index in [0.29, 0.717) is 11.6 Å². The molecule has 0 aliphatic carbocycles. The van der Waals surface area contributed by atoms with E-state index in [1.54, 1.807) is 0 Å². The maximum absolute atomic E-state index is 13.4. The SMILES string of the molecule is O=C(CCCS)[C]12[CH]3[CH]4[CH]5[CH]1[Fe]45321678[CH]2[CH]1[CH]6[C]7(C(=O)CCCS)[CH]28. The zero-order valence-electron chi connectivity index (χ0n) is 12.9. The Morgan fingerprint density at radius 1 is 0.739 bits per heavy atom. The van der Waals surface area contributed by atoms with Crippen molar-refractivity contribution in [3.63, 3.8) is 0 Å². The molecular weight excluding hydrogens is 368 g/mol. The van der Waals surface area contributed by atoms with Crippen molar-refractivity contribution < 1.29 is 16.1 Å². The summed E-state index contributed by atoms with van der Waals surface area (Å²) in [6.45, 7) is -3.81. The van der Waals surface area contributed by atoms with E-state index >= 15 is 0 Å². The first-order valence-corrected chi connectivity index (χ1v) is 16.9. The molecule has 0 aromatic heterocycles. The van der Waals surface area contributed by atoms with E-state index in [0.717, 1.165) is 75.7 Å². The van der Waals surface area contributed by atoms with Crippen LogP contribution < -0.4 is 0 Å². The fourth-order valence-electron chi connectivity index (χ4n) is 18.9. The molecular formula is C18H22FeO2S2. The van der Waals surface area contributed by atoms with Gasteiger partial charge in [-0.2, -0.15) is 0 Å². The van der Waals surface area contributed by atoms with Crippen molar-refractivity contribution in [2.75, 3.05) is 11.5 Å². The van der Waals surface area contributed by atoms with Gasteiger partial charge in [-0.15, -0.1) is 0 Å². The van der Waals surface area contributed by atoms with E-state index in [-0.39, 0.29) is 8.63 Å². The molecule has 10 rings (SSSR count). The van der Waals surface area contributed by atoms with Crippen LogP contribution in [0, 0.1) is 0 Å². The van der Waals surface area contributed by atoms with Crippen LogP contribution in [0.4, 0.5) is 0 Å². The Kier molecular flexibility index (Phi) is 0.589. The first-order valence-electron chi connectivity index (χ1n) is 9.39. The second kappa shape index (κ2) is 1.20. The third kappa shape index (κ3) is 0.157. The fourth-order valence-corrected chi connectivity index (χ4v) is 95.3. The van der Waals surface area contributed by atoms with Crippen molar-refractivity contribution in [1.29, 1.82) is 0 Å². The van der Waals surface area contributed by atoms with Gasteiger partial charge in [-0.05, 0) is 0 Å². The van der Waals surface area contributed by atoms with Crippen molar-refractivity contribution in [2.45, 2.75) is 72.8 Å². The van der Waals surface area contributed by atoms with Crippen LogP contribution in [0.25, 0.3) is 0 Å². The van der Waals surface area contributed by atoms with Gasteiger partial charge >= 0.3 is 137 Å². The number of hydrogen-bond donors (Lipinski definition) is 2. The Labute approximate surface area is 137 Å². The molecule has 1 spiro atoms. The number of carbonyl (C=O) groups is 2. The van der Waals surface area contributed by atoms with Gasteiger partial charge < -0.3 is 0 Å². The van der Waals surface area contributed by atoms with Crippen LogP contribution in [0.5, 0.6) is 0 Å². The van der Waals surface area contributed by atoms with Gasteiger partial charge in [-0.1, -0.05) is 0 Å². The molecule has 10 saturated heterocycles. The van der Waals surface area contributed by atoms with Crippen molar-refractivity contribution in [1.82, 2.24) is 0 Å². The van der Waals surface area contributed by atoms with Gasteiger partial charge in [0.25, 0.3) is 0 Å². The van der Waals surface area contributed by atoms with Crippen LogP contribution in [0.3, 0.4) is 0 Å². The van der Waals surface area contributed by atoms with Gasteiger partial charge in [0, 0.05) is 0 Å². The Bertz CT molecular complexity index is 1100. The van der Waals surface area contributed by atoms with Gasteiger partial charge in [-0.25, -0.2) is 0 Å². The first-order chi connectivity index (χ1) is 10.9. The summed E-state index contributed by atoms with van der Waals surface area (Å²) < 4.78 is 0.460. The molecule has 10 fully saturated rings. The van der Waals surface area contributed by atoms with Crippen LogP contribution in [0.2, 0.25) is 47.2 Å². The Balaban J connectivity index is 1.28. The van der Waals surface area contributed by atoms with Crippen LogP contribution in [0.1, 0.15) is 25.7 Å². The van der Waals surface area contributed by atoms with Crippen molar-refractivity contribution >= 4 is 36.8 Å². The fraction of sp³-hybridized carbons (Fsp3) is 0.889. The molecule has 0 N–H and O–H groups in total. The molecule has 10 heterocycles. The normalized spacial score (nSPS) is 94.2. The minimum atomic E-state index is -3.81. The summed E-state index contributed by atoms with van der Waals surface area (Å²) >= 11 is 8.67. The Morgan fingerprint density at radius 3 is 1.35 bits per heavy atom. The molecule has 10 aliphatic heterocycles. The van der Waals surface area contributed by atoms with Gasteiger partial charge in [0.15, 0.2) is 0 Å². The molecule has 8 atom stereocenters. The minimum absolute atomic E-state index is 0.230. The average Bonchev–Trinajstić information content (AvgIpc) is 3.49. The van der Waals surface area contributed by atoms with E-state index in [9.17, 15) is 9.59 Å². The molecule has 10 aliphatic rings. The Hall–Kier alpha value is 0.559. The zero-order chi connectivity index (χ0) is 15.3. The van der Waals surface area contributed by atoms with E-state index < -0.39 is 6.51 Å². The number of carbonyl (C=O) groups excluding carboxylic acids is 2. The number of fused-ring (bicyclic) bond motifs is 10. The third-order valence-electron chi connectivity index (χ3n) is 16.8. The summed E-state index contributed by atoms with van der Waals surface area (Å²) in [4.78, 5) is 34.5. The molecule has 0 bridgehead atoms. The molecule has 0 amide bonds. The quantitative estimate of drug-likeness (QED) is 0.466. The number of ketones is 2. The van der Waals surface area contributed by atoms with Crippen LogP contribution in [-0.4, -0.2) is 23.1 Å². The Morgan fingerprint density at radius 2 is 1.09 bits per heavy atom. The molecule has 0 saturated carbocycles. The molecule has 0 aromatic carbocycles. The van der Waals surface area contributed by atoms with Crippen LogP contribution in [-0.2, 0) is 16.1 Å². The molecule has 126 valence electrons. The standard InChI is InChI=1S/2C9H11OS.Fe/c2*10-9(6-3-7-11)8-4-1-2-5-8;/h2*1-2,4-5,11H,3,6-7H2;. The summed E-state index contributed by atoms with van der Waals surface area (Å²) in [5.41, 5.74) is 0. The summed E-state index contributed by atoms with van der Waals surface area (Å²) in [6, 6.07) is 0. The number of thiol groups is 2. The summed E-state index contributed by atoms with van der Waals surface area (Å²) in [5, 5.41) is 0. The summed E-state index contributed by atoms with van der Waals surface area (Å²) in [7, 11) is 0. The van der Waals surface area contributed by atoms with E-state index in [1.165, 1.54) is 0 Å². The predicted octanol–water partition coefficient (Wildman–Crippen LogP) is 4.67. The maximum atomic E-state index is 13.4. The monoisotopic (exact) mass is 390 g/mol.